The van der Waals surface area contributed by atoms with Gasteiger partial charge in [0.1, 0.15) is 40.9 Å². The van der Waals surface area contributed by atoms with Crippen LogP contribution in [0, 0.1) is 6.92 Å². The maximum absolute atomic E-state index is 11.7. The Bertz CT molecular complexity index is 654. The van der Waals surface area contributed by atoms with Gasteiger partial charge in [0.05, 0.1) is 6.61 Å². The second-order valence-corrected chi connectivity index (χ2v) is 4.30. The van der Waals surface area contributed by atoms with E-state index in [1.807, 2.05) is 0 Å². The lowest BCUT2D eigenvalue weighted by Gasteiger charge is -2.07. The van der Waals surface area contributed by atoms with Crippen LogP contribution in [0.1, 0.15) is 5.76 Å². The third kappa shape index (κ3) is 2.04. The number of ether oxygens (including phenoxy) is 2. The smallest absolute Gasteiger partial charge is 0.196 e. The largest absolute Gasteiger partial charge is 0.507 e. The Kier molecular flexibility index (Phi) is 2.48. The van der Waals surface area contributed by atoms with Crippen molar-refractivity contribution >= 4 is 11.0 Å². The van der Waals surface area contributed by atoms with Gasteiger partial charge in [0.25, 0.3) is 0 Å². The Morgan fingerprint density at radius 3 is 2.94 bits per heavy atom. The van der Waals surface area contributed by atoms with Crippen LogP contribution < -0.4 is 10.2 Å². The maximum atomic E-state index is 11.7. The van der Waals surface area contributed by atoms with Gasteiger partial charge in [0.15, 0.2) is 5.43 Å². The van der Waals surface area contributed by atoms with Crippen LogP contribution in [0.15, 0.2) is 27.4 Å². The summed E-state index contributed by atoms with van der Waals surface area (Å²) in [5.74, 6) is 0.826. The summed E-state index contributed by atoms with van der Waals surface area (Å²) in [6, 6.07) is 4.36. The minimum atomic E-state index is -0.261. The summed E-state index contributed by atoms with van der Waals surface area (Å²) in [5.41, 5.74) is 0.0649. The third-order valence-corrected chi connectivity index (χ3v) is 2.74. The molecule has 1 aromatic carbocycles. The van der Waals surface area contributed by atoms with Gasteiger partial charge in [-0.1, -0.05) is 0 Å². The third-order valence-electron chi connectivity index (χ3n) is 2.74. The normalized spacial score (nSPS) is 17.9. The summed E-state index contributed by atoms with van der Waals surface area (Å²) in [6.45, 7) is 2.82. The lowest BCUT2D eigenvalue weighted by atomic mass is 10.2. The second-order valence-electron chi connectivity index (χ2n) is 4.30. The molecule has 0 bridgehead atoms. The molecule has 1 N–H and O–H groups in total. The number of benzene rings is 1. The van der Waals surface area contributed by atoms with Gasteiger partial charge < -0.3 is 19.0 Å². The van der Waals surface area contributed by atoms with Crippen LogP contribution in [0.5, 0.6) is 11.5 Å². The number of phenols is 1. The van der Waals surface area contributed by atoms with E-state index in [1.165, 1.54) is 12.1 Å². The molecule has 1 fully saturated rings. The Hall–Kier alpha value is -2.01. The number of fused-ring (bicyclic) bond motifs is 1. The topological polar surface area (TPSA) is 72.2 Å². The first-order chi connectivity index (χ1) is 8.63. The van der Waals surface area contributed by atoms with E-state index in [2.05, 4.69) is 0 Å². The van der Waals surface area contributed by atoms with Crippen molar-refractivity contribution in [1.82, 2.24) is 0 Å². The van der Waals surface area contributed by atoms with Crippen LogP contribution in [0.4, 0.5) is 0 Å². The highest BCUT2D eigenvalue weighted by atomic mass is 16.6. The fourth-order valence-corrected chi connectivity index (χ4v) is 1.80. The lowest BCUT2D eigenvalue weighted by molar-refractivity contribution is 0.262. The second kappa shape index (κ2) is 4.03. The van der Waals surface area contributed by atoms with Crippen LogP contribution in [0.2, 0.25) is 0 Å². The Labute approximate surface area is 103 Å². The van der Waals surface area contributed by atoms with Crippen LogP contribution in [0.25, 0.3) is 11.0 Å². The number of hydrogen-bond donors (Lipinski definition) is 1. The average Bonchev–Trinajstić information content (AvgIpc) is 3.08. The van der Waals surface area contributed by atoms with Crippen molar-refractivity contribution in [3.8, 4) is 11.5 Å². The van der Waals surface area contributed by atoms with E-state index in [4.69, 9.17) is 13.9 Å². The average molecular weight is 248 g/mol. The van der Waals surface area contributed by atoms with Gasteiger partial charge in [-0.25, -0.2) is 0 Å². The van der Waals surface area contributed by atoms with Gasteiger partial charge in [-0.05, 0) is 6.92 Å². The molecule has 1 aliphatic rings. The van der Waals surface area contributed by atoms with E-state index in [0.29, 0.717) is 30.3 Å². The zero-order valence-corrected chi connectivity index (χ0v) is 9.80. The van der Waals surface area contributed by atoms with Gasteiger partial charge in [0.2, 0.25) is 0 Å². The van der Waals surface area contributed by atoms with Gasteiger partial charge in [0, 0.05) is 18.2 Å². The summed E-state index contributed by atoms with van der Waals surface area (Å²) in [6.07, 6.45) is 0.132. The van der Waals surface area contributed by atoms with E-state index in [0.717, 1.165) is 0 Å². The minimum Gasteiger partial charge on any atom is -0.507 e. The van der Waals surface area contributed by atoms with Crippen molar-refractivity contribution in [2.45, 2.75) is 13.0 Å². The summed E-state index contributed by atoms with van der Waals surface area (Å²) in [7, 11) is 0. The summed E-state index contributed by atoms with van der Waals surface area (Å²) in [4.78, 5) is 11.7. The van der Waals surface area contributed by atoms with Crippen molar-refractivity contribution in [3.05, 3.63) is 34.2 Å². The van der Waals surface area contributed by atoms with Crippen molar-refractivity contribution < 1.29 is 19.0 Å². The van der Waals surface area contributed by atoms with Crippen LogP contribution in [-0.4, -0.2) is 24.4 Å². The molecule has 2 heterocycles. The van der Waals surface area contributed by atoms with E-state index in [1.54, 1.807) is 13.0 Å². The van der Waals surface area contributed by atoms with Crippen molar-refractivity contribution in [3.63, 3.8) is 0 Å². The predicted octanol–water partition coefficient (Wildman–Crippen LogP) is 1.58. The highest BCUT2D eigenvalue weighted by Gasteiger charge is 2.23. The molecular formula is C13H12O5. The number of phenolic OH excluding ortho intramolecular Hbond substituents is 1. The van der Waals surface area contributed by atoms with Crippen molar-refractivity contribution in [1.29, 1.82) is 0 Å². The molecule has 1 saturated heterocycles. The highest BCUT2D eigenvalue weighted by Crippen LogP contribution is 2.29. The summed E-state index contributed by atoms with van der Waals surface area (Å²) >= 11 is 0. The summed E-state index contributed by atoms with van der Waals surface area (Å²) in [5, 5.41) is 10.0. The first kappa shape index (κ1) is 11.1. The fourth-order valence-electron chi connectivity index (χ4n) is 1.80. The van der Waals surface area contributed by atoms with E-state index < -0.39 is 0 Å². The monoisotopic (exact) mass is 248 g/mol. The van der Waals surface area contributed by atoms with Crippen LogP contribution >= 0.6 is 0 Å². The molecule has 0 amide bonds. The van der Waals surface area contributed by atoms with Crippen LogP contribution in [-0.2, 0) is 4.74 Å². The predicted molar refractivity (Wildman–Crippen MR) is 64.1 cm³/mol. The van der Waals surface area contributed by atoms with E-state index in [9.17, 15) is 9.90 Å². The molecule has 94 valence electrons. The number of aromatic hydroxyl groups is 1. The van der Waals surface area contributed by atoms with Crippen molar-refractivity contribution in [2.24, 2.45) is 0 Å². The molecule has 2 aromatic rings. The molecule has 0 aliphatic carbocycles. The number of epoxide rings is 1. The van der Waals surface area contributed by atoms with Gasteiger partial charge >= 0.3 is 0 Å². The van der Waals surface area contributed by atoms with Gasteiger partial charge in [-0.3, -0.25) is 4.79 Å². The molecule has 1 unspecified atom stereocenters. The molecule has 5 nitrogen and oxygen atoms in total. The Morgan fingerprint density at radius 2 is 2.22 bits per heavy atom. The van der Waals surface area contributed by atoms with Gasteiger partial charge in [-0.15, -0.1) is 0 Å². The van der Waals surface area contributed by atoms with Crippen molar-refractivity contribution in [2.75, 3.05) is 13.2 Å². The molecule has 5 heteroatoms. The first-order valence-corrected chi connectivity index (χ1v) is 5.65. The number of rotatable bonds is 3. The number of hydrogen-bond acceptors (Lipinski definition) is 5. The SMILES string of the molecule is Cc1cc(=O)c2c(O)cc(OCC3CO3)cc2o1. The molecule has 1 aromatic heterocycles. The van der Waals surface area contributed by atoms with E-state index in [-0.39, 0.29) is 22.7 Å². The standard InChI is InChI=1S/C13H12O5/c1-7-2-10(14)13-11(15)3-8(4-12(13)18-7)16-5-9-6-17-9/h2-4,9,15H,5-6H2,1H3. The molecule has 0 spiro atoms. The molecule has 0 saturated carbocycles. The molecule has 1 aliphatic heterocycles. The fraction of sp³-hybridized carbons (Fsp3) is 0.308. The van der Waals surface area contributed by atoms with E-state index >= 15 is 0 Å². The van der Waals surface area contributed by atoms with Crippen LogP contribution in [0.3, 0.4) is 0 Å². The zero-order valence-electron chi connectivity index (χ0n) is 9.80. The quantitative estimate of drug-likeness (QED) is 0.835. The highest BCUT2D eigenvalue weighted by molar-refractivity contribution is 5.84. The molecule has 1 atom stereocenters. The number of aryl methyl sites for hydroxylation is 1. The molecule has 18 heavy (non-hydrogen) atoms. The molecular weight excluding hydrogens is 236 g/mol. The maximum Gasteiger partial charge on any atom is 0.196 e. The summed E-state index contributed by atoms with van der Waals surface area (Å²) < 4.78 is 15.9. The Morgan fingerprint density at radius 1 is 1.44 bits per heavy atom. The molecule has 0 radical (unpaired) electrons. The Balaban J connectivity index is 2.04. The van der Waals surface area contributed by atoms with Gasteiger partial charge in [-0.2, -0.15) is 0 Å². The lowest BCUT2D eigenvalue weighted by Crippen LogP contribution is -2.05. The molecule has 3 rings (SSSR count). The zero-order chi connectivity index (χ0) is 12.7. The first-order valence-electron chi connectivity index (χ1n) is 5.65. The minimum absolute atomic E-state index is 0.132.